The monoisotopic (exact) mass is 486 g/mol. The smallest absolute Gasteiger partial charge is 0.267 e. The first-order valence-electron chi connectivity index (χ1n) is 12.0. The molecule has 0 saturated carbocycles. The summed E-state index contributed by atoms with van der Waals surface area (Å²) in [5.74, 6) is -0.148. The topological polar surface area (TPSA) is 32.7 Å². The molecule has 0 spiro atoms. The summed E-state index contributed by atoms with van der Waals surface area (Å²) in [6, 6.07) is 36.2. The van der Waals surface area contributed by atoms with Gasteiger partial charge >= 0.3 is 0 Å². The summed E-state index contributed by atoms with van der Waals surface area (Å²) in [6.45, 7) is 0. The van der Waals surface area contributed by atoms with Crippen LogP contribution in [0.15, 0.2) is 120 Å². The molecule has 0 fully saturated rings. The molecular weight excluding hydrogens is 464 g/mol. The minimum absolute atomic E-state index is 0.148. The number of hydrogen-bond donors (Lipinski definition) is 0. The molecule has 0 bridgehead atoms. The van der Waals surface area contributed by atoms with Gasteiger partial charge in [0.25, 0.3) is 5.91 Å². The Balaban J connectivity index is 1.49. The van der Waals surface area contributed by atoms with E-state index in [0.717, 1.165) is 43.9 Å². The molecule has 5 aromatic carbocycles. The van der Waals surface area contributed by atoms with Crippen LogP contribution < -0.4 is 0 Å². The van der Waals surface area contributed by atoms with E-state index in [9.17, 15) is 4.79 Å². The van der Waals surface area contributed by atoms with Crippen LogP contribution in [0.25, 0.3) is 27.6 Å². The molecule has 36 heavy (non-hydrogen) atoms. The first-order valence-corrected chi connectivity index (χ1v) is 12.4. The minimum Gasteiger partial charge on any atom is -0.268 e. The van der Waals surface area contributed by atoms with Crippen LogP contribution in [0, 0.1) is 0 Å². The predicted octanol–water partition coefficient (Wildman–Crippen LogP) is 8.04. The minimum atomic E-state index is -0.236. The maximum Gasteiger partial charge on any atom is 0.267 e. The Morgan fingerprint density at radius 2 is 1.42 bits per heavy atom. The van der Waals surface area contributed by atoms with Crippen LogP contribution in [0.3, 0.4) is 0 Å². The van der Waals surface area contributed by atoms with Gasteiger partial charge in [0.15, 0.2) is 0 Å². The lowest BCUT2D eigenvalue weighted by Gasteiger charge is -2.24. The Kier molecular flexibility index (Phi) is 5.84. The van der Waals surface area contributed by atoms with E-state index >= 15 is 0 Å². The molecule has 0 aliphatic carbocycles. The Bertz CT molecular complexity index is 1580. The number of carbonyl (C=O) groups is 1. The van der Waals surface area contributed by atoms with Crippen molar-refractivity contribution in [2.24, 2.45) is 5.10 Å². The summed E-state index contributed by atoms with van der Waals surface area (Å²) in [6.07, 6.45) is 4.07. The van der Waals surface area contributed by atoms with Crippen LogP contribution in [-0.2, 0) is 4.79 Å². The third-order valence-electron chi connectivity index (χ3n) is 6.68. The Hall–Kier alpha value is -4.21. The zero-order valence-electron chi connectivity index (χ0n) is 19.5. The van der Waals surface area contributed by atoms with Gasteiger partial charge in [-0.25, -0.2) is 5.01 Å². The number of nitrogens with zero attached hydrogens (tertiary/aromatic N) is 2. The van der Waals surface area contributed by atoms with Crippen molar-refractivity contribution < 1.29 is 4.79 Å². The van der Waals surface area contributed by atoms with Crippen LogP contribution >= 0.6 is 11.6 Å². The Labute approximate surface area is 214 Å². The van der Waals surface area contributed by atoms with E-state index in [2.05, 4.69) is 54.6 Å². The summed E-state index contributed by atoms with van der Waals surface area (Å²) in [7, 11) is 0. The van der Waals surface area contributed by atoms with Crippen LogP contribution in [-0.4, -0.2) is 16.6 Å². The molecule has 1 atom stereocenters. The summed E-state index contributed by atoms with van der Waals surface area (Å²) in [5.41, 5.74) is 3.93. The normalized spacial score (nSPS) is 15.6. The van der Waals surface area contributed by atoms with Gasteiger partial charge < -0.3 is 0 Å². The molecule has 5 aromatic rings. The van der Waals surface area contributed by atoms with Crippen molar-refractivity contribution in [3.8, 4) is 0 Å². The second-order valence-corrected chi connectivity index (χ2v) is 9.37. The second-order valence-electron chi connectivity index (χ2n) is 8.93. The summed E-state index contributed by atoms with van der Waals surface area (Å²) in [5, 5.41) is 11.8. The summed E-state index contributed by atoms with van der Waals surface area (Å²) < 4.78 is 0. The molecular formula is C32H23ClN2O. The second kappa shape index (κ2) is 9.44. The highest BCUT2D eigenvalue weighted by Crippen LogP contribution is 2.41. The fraction of sp³-hybridized carbons (Fsp3) is 0.0625. The molecule has 4 heteroatoms. The van der Waals surface area contributed by atoms with Gasteiger partial charge in [0.2, 0.25) is 0 Å². The Morgan fingerprint density at radius 3 is 2.08 bits per heavy atom. The number of fused-ring (bicyclic) bond motifs is 2. The first kappa shape index (κ1) is 22.3. The molecule has 1 aliphatic rings. The van der Waals surface area contributed by atoms with Crippen molar-refractivity contribution in [3.05, 3.63) is 137 Å². The van der Waals surface area contributed by atoms with E-state index in [-0.39, 0.29) is 11.9 Å². The van der Waals surface area contributed by atoms with E-state index in [1.807, 2.05) is 60.7 Å². The molecule has 0 saturated heterocycles. The highest BCUT2D eigenvalue weighted by molar-refractivity contribution is 6.30. The maximum atomic E-state index is 13.6. The van der Waals surface area contributed by atoms with Gasteiger partial charge in [0.1, 0.15) is 0 Å². The lowest BCUT2D eigenvalue weighted by atomic mass is 9.89. The number of halogens is 1. The van der Waals surface area contributed by atoms with E-state index in [1.54, 1.807) is 11.1 Å². The van der Waals surface area contributed by atoms with Crippen molar-refractivity contribution in [1.82, 2.24) is 5.01 Å². The molecule has 1 unspecified atom stereocenters. The lowest BCUT2D eigenvalue weighted by molar-refractivity contribution is -0.127. The molecule has 6 rings (SSSR count). The molecule has 1 amide bonds. The zero-order chi connectivity index (χ0) is 24.5. The van der Waals surface area contributed by atoms with E-state index in [1.165, 1.54) is 0 Å². The van der Waals surface area contributed by atoms with Gasteiger partial charge in [0.05, 0.1) is 11.8 Å². The third-order valence-corrected chi connectivity index (χ3v) is 6.93. The van der Waals surface area contributed by atoms with Crippen LogP contribution in [0.4, 0.5) is 0 Å². The number of rotatable bonds is 4. The molecule has 3 nitrogen and oxygen atoms in total. The van der Waals surface area contributed by atoms with Crippen molar-refractivity contribution in [1.29, 1.82) is 0 Å². The molecule has 1 aliphatic heterocycles. The Morgan fingerprint density at radius 1 is 0.806 bits per heavy atom. The van der Waals surface area contributed by atoms with Crippen LogP contribution in [0.1, 0.15) is 29.2 Å². The number of amides is 1. The van der Waals surface area contributed by atoms with Crippen molar-refractivity contribution >= 4 is 50.8 Å². The predicted molar refractivity (Wildman–Crippen MR) is 149 cm³/mol. The van der Waals surface area contributed by atoms with Gasteiger partial charge in [-0.1, -0.05) is 103 Å². The van der Waals surface area contributed by atoms with Gasteiger partial charge in [-0.2, -0.15) is 5.10 Å². The fourth-order valence-corrected chi connectivity index (χ4v) is 5.10. The largest absolute Gasteiger partial charge is 0.268 e. The van der Waals surface area contributed by atoms with Gasteiger partial charge in [0, 0.05) is 17.5 Å². The van der Waals surface area contributed by atoms with Crippen molar-refractivity contribution in [2.45, 2.75) is 12.5 Å². The van der Waals surface area contributed by atoms with E-state index in [4.69, 9.17) is 16.7 Å². The molecule has 0 N–H and O–H groups in total. The van der Waals surface area contributed by atoms with Crippen molar-refractivity contribution in [3.63, 3.8) is 0 Å². The van der Waals surface area contributed by atoms with Gasteiger partial charge in [-0.05, 0) is 62.5 Å². The molecule has 1 heterocycles. The number of benzene rings is 5. The summed E-state index contributed by atoms with van der Waals surface area (Å²) >= 11 is 6.14. The number of carbonyl (C=O) groups excluding carboxylic acids is 1. The standard InChI is InChI=1S/C32H23ClN2O/c33-26-17-15-23(16-18-26)29-21-30(35(34-29)31(36)19-14-22-8-2-1-3-9-22)32-27-12-6-4-10-24(27)20-25-11-5-7-13-28(25)32/h1-20,30H,21H2/b19-14+. The SMILES string of the molecule is O=C(/C=C/c1ccccc1)N1N=C(c2ccc(Cl)cc2)CC1c1c2ccccc2cc2ccccc12. The fourth-order valence-electron chi connectivity index (χ4n) is 4.97. The summed E-state index contributed by atoms with van der Waals surface area (Å²) in [4.78, 5) is 13.6. The highest BCUT2D eigenvalue weighted by atomic mass is 35.5. The van der Waals surface area contributed by atoms with E-state index in [0.29, 0.717) is 11.4 Å². The molecule has 0 aromatic heterocycles. The van der Waals surface area contributed by atoms with Crippen LogP contribution in [0.2, 0.25) is 5.02 Å². The zero-order valence-corrected chi connectivity index (χ0v) is 20.3. The van der Waals surface area contributed by atoms with Gasteiger partial charge in [-0.15, -0.1) is 0 Å². The maximum absolute atomic E-state index is 13.6. The van der Waals surface area contributed by atoms with E-state index < -0.39 is 0 Å². The average molecular weight is 487 g/mol. The van der Waals surface area contributed by atoms with Crippen molar-refractivity contribution in [2.75, 3.05) is 0 Å². The lowest BCUT2D eigenvalue weighted by Crippen LogP contribution is -2.25. The molecule has 0 radical (unpaired) electrons. The van der Waals surface area contributed by atoms with Crippen LogP contribution in [0.5, 0.6) is 0 Å². The first-order chi connectivity index (χ1) is 17.7. The third kappa shape index (κ3) is 4.19. The van der Waals surface area contributed by atoms with Gasteiger partial charge in [-0.3, -0.25) is 4.79 Å². The highest BCUT2D eigenvalue weighted by Gasteiger charge is 2.34. The quantitative estimate of drug-likeness (QED) is 0.187. The number of hydrazone groups is 1. The molecule has 174 valence electrons. The number of hydrogen-bond acceptors (Lipinski definition) is 2. The average Bonchev–Trinajstić information content (AvgIpc) is 3.36.